The van der Waals surface area contributed by atoms with Crippen LogP contribution in [-0.4, -0.2) is 19.7 Å². The summed E-state index contributed by atoms with van der Waals surface area (Å²) < 4.78 is 31.4. The highest BCUT2D eigenvalue weighted by atomic mass is 19.1. The summed E-state index contributed by atoms with van der Waals surface area (Å²) in [6.45, 7) is 14.8. The Morgan fingerprint density at radius 1 is 0.973 bits per heavy atom. The molecule has 0 fully saturated rings. The van der Waals surface area contributed by atoms with Gasteiger partial charge in [-0.1, -0.05) is 57.2 Å². The first-order valence-corrected chi connectivity index (χ1v) is 12.5. The van der Waals surface area contributed by atoms with Gasteiger partial charge in [0.15, 0.2) is 0 Å². The number of hydrogen-bond donors (Lipinski definition) is 0. The zero-order valence-electron chi connectivity index (χ0n) is 22.7. The van der Waals surface area contributed by atoms with Crippen molar-refractivity contribution in [3.05, 3.63) is 95.3 Å². The van der Waals surface area contributed by atoms with Crippen LogP contribution in [0.2, 0.25) is 0 Å². The summed E-state index contributed by atoms with van der Waals surface area (Å²) in [4.78, 5) is 12.0. The summed E-state index contributed by atoms with van der Waals surface area (Å²) in [7, 11) is 1.58. The first kappa shape index (κ1) is 28.0. The molecule has 1 atom stereocenters. The van der Waals surface area contributed by atoms with Crippen LogP contribution in [0.5, 0.6) is 11.5 Å². The minimum absolute atomic E-state index is 0.113. The lowest BCUT2D eigenvalue weighted by Crippen LogP contribution is -2.13. The highest BCUT2D eigenvalue weighted by Crippen LogP contribution is 2.37. The van der Waals surface area contributed by atoms with Crippen LogP contribution in [0, 0.1) is 5.82 Å². The van der Waals surface area contributed by atoms with Gasteiger partial charge < -0.3 is 14.2 Å². The predicted molar refractivity (Wildman–Crippen MR) is 147 cm³/mol. The molecule has 0 saturated carbocycles. The number of carbonyl (C=O) groups is 1. The van der Waals surface area contributed by atoms with Gasteiger partial charge in [0.05, 0.1) is 20.1 Å². The smallest absolute Gasteiger partial charge is 0.306 e. The van der Waals surface area contributed by atoms with Gasteiger partial charge in [0, 0.05) is 11.5 Å². The number of halogens is 1. The first-order chi connectivity index (χ1) is 17.5. The third-order valence-corrected chi connectivity index (χ3v) is 6.31. The molecule has 0 radical (unpaired) electrons. The Morgan fingerprint density at radius 3 is 2.24 bits per heavy atom. The number of allylic oxidation sites excluding steroid dienone is 1. The van der Waals surface area contributed by atoms with Crippen LogP contribution >= 0.6 is 0 Å². The number of hydrogen-bond acceptors (Lipinski definition) is 4. The highest BCUT2D eigenvalue weighted by molar-refractivity contribution is 5.72. The van der Waals surface area contributed by atoms with E-state index in [-0.39, 0.29) is 29.5 Å². The molecule has 196 valence electrons. The van der Waals surface area contributed by atoms with E-state index in [0.717, 1.165) is 27.8 Å². The summed E-state index contributed by atoms with van der Waals surface area (Å²) in [6.07, 6.45) is 0.257. The molecule has 0 aliphatic heterocycles. The number of carbonyl (C=O) groups excluding carboxylic acids is 1. The molecule has 3 aromatic carbocycles. The summed E-state index contributed by atoms with van der Waals surface area (Å²) in [5.41, 5.74) is 5.00. The standard InChI is InChI=1S/C32H37FO4/c1-8-36-31(34)19-26(21(2)3)23-10-12-24(13-11-23)37-20-22-9-15-29(32(4,5)6)27(17-22)28-18-25(35-7)14-16-30(28)33/h9-18,26H,2,8,19-20H2,1,3-7H3/t26-/m0/s1. The van der Waals surface area contributed by atoms with Crippen molar-refractivity contribution in [2.24, 2.45) is 0 Å². The quantitative estimate of drug-likeness (QED) is 0.207. The predicted octanol–water partition coefficient (Wildman–Crippen LogP) is 7.99. The van der Waals surface area contributed by atoms with Crippen LogP contribution < -0.4 is 9.47 Å². The van der Waals surface area contributed by atoms with Crippen LogP contribution in [-0.2, 0) is 21.6 Å². The fraction of sp³-hybridized carbons (Fsp3) is 0.344. The topological polar surface area (TPSA) is 44.8 Å². The minimum atomic E-state index is -0.296. The maximum atomic E-state index is 14.9. The van der Waals surface area contributed by atoms with E-state index in [2.05, 4.69) is 27.4 Å². The molecule has 0 N–H and O–H groups in total. The van der Waals surface area contributed by atoms with Crippen LogP contribution in [0.1, 0.15) is 63.6 Å². The molecule has 0 unspecified atom stereocenters. The summed E-state index contributed by atoms with van der Waals surface area (Å²) >= 11 is 0. The van der Waals surface area contributed by atoms with E-state index in [0.29, 0.717) is 30.3 Å². The lowest BCUT2D eigenvalue weighted by molar-refractivity contribution is -0.143. The summed E-state index contributed by atoms with van der Waals surface area (Å²) in [6, 6.07) is 18.5. The zero-order chi connectivity index (χ0) is 27.2. The average molecular weight is 505 g/mol. The number of rotatable bonds is 10. The molecule has 0 heterocycles. The van der Waals surface area contributed by atoms with Crippen molar-refractivity contribution >= 4 is 5.97 Å². The van der Waals surface area contributed by atoms with E-state index in [1.807, 2.05) is 49.4 Å². The fourth-order valence-corrected chi connectivity index (χ4v) is 4.32. The molecular weight excluding hydrogens is 467 g/mol. The SMILES string of the molecule is C=C(C)[C@H](CC(=O)OCC)c1ccc(OCc2ccc(C(C)(C)C)c(-c3cc(OC)ccc3F)c2)cc1. The van der Waals surface area contributed by atoms with Gasteiger partial charge >= 0.3 is 5.97 Å². The van der Waals surface area contributed by atoms with Crippen LogP contribution in [0.25, 0.3) is 11.1 Å². The van der Waals surface area contributed by atoms with E-state index >= 15 is 0 Å². The van der Waals surface area contributed by atoms with Gasteiger partial charge in [-0.15, -0.1) is 0 Å². The van der Waals surface area contributed by atoms with Crippen LogP contribution in [0.15, 0.2) is 72.8 Å². The number of methoxy groups -OCH3 is 1. The molecule has 0 amide bonds. The van der Waals surface area contributed by atoms with E-state index in [4.69, 9.17) is 14.2 Å². The average Bonchev–Trinajstić information content (AvgIpc) is 2.86. The fourth-order valence-electron chi connectivity index (χ4n) is 4.32. The Kier molecular flexibility index (Phi) is 9.14. The maximum absolute atomic E-state index is 14.9. The summed E-state index contributed by atoms with van der Waals surface area (Å²) in [5.74, 6) is 0.661. The number of ether oxygens (including phenoxy) is 3. The maximum Gasteiger partial charge on any atom is 0.306 e. The molecule has 0 saturated heterocycles. The normalized spacial score (nSPS) is 12.1. The summed E-state index contributed by atoms with van der Waals surface area (Å²) in [5, 5.41) is 0. The van der Waals surface area contributed by atoms with Crippen molar-refractivity contribution in [2.75, 3.05) is 13.7 Å². The van der Waals surface area contributed by atoms with Crippen LogP contribution in [0.3, 0.4) is 0 Å². The second-order valence-electron chi connectivity index (χ2n) is 10.2. The Hall–Kier alpha value is -3.60. The monoisotopic (exact) mass is 504 g/mol. The van der Waals surface area contributed by atoms with E-state index in [1.54, 1.807) is 26.2 Å². The van der Waals surface area contributed by atoms with Crippen molar-refractivity contribution < 1.29 is 23.4 Å². The van der Waals surface area contributed by atoms with Crippen molar-refractivity contribution in [3.8, 4) is 22.6 Å². The second-order valence-corrected chi connectivity index (χ2v) is 10.2. The third kappa shape index (κ3) is 7.22. The number of benzene rings is 3. The molecule has 3 rings (SSSR count). The third-order valence-electron chi connectivity index (χ3n) is 6.31. The van der Waals surface area contributed by atoms with Gasteiger partial charge in [-0.3, -0.25) is 4.79 Å². The molecule has 0 aromatic heterocycles. The molecular formula is C32H37FO4. The Balaban J connectivity index is 1.82. The van der Waals surface area contributed by atoms with Gasteiger partial charge in [-0.05, 0) is 77.9 Å². The van der Waals surface area contributed by atoms with Crippen molar-refractivity contribution in [3.63, 3.8) is 0 Å². The van der Waals surface area contributed by atoms with Crippen molar-refractivity contribution in [1.82, 2.24) is 0 Å². The number of esters is 1. The molecule has 37 heavy (non-hydrogen) atoms. The lowest BCUT2D eigenvalue weighted by Gasteiger charge is -2.24. The molecule has 0 aliphatic rings. The van der Waals surface area contributed by atoms with Gasteiger partial charge in [0.2, 0.25) is 0 Å². The molecule has 5 heteroatoms. The van der Waals surface area contributed by atoms with Crippen molar-refractivity contribution in [2.45, 2.75) is 59.0 Å². The van der Waals surface area contributed by atoms with E-state index < -0.39 is 0 Å². The van der Waals surface area contributed by atoms with Crippen molar-refractivity contribution in [1.29, 1.82) is 0 Å². The Morgan fingerprint density at radius 2 is 1.65 bits per heavy atom. The largest absolute Gasteiger partial charge is 0.497 e. The van der Waals surface area contributed by atoms with E-state index in [9.17, 15) is 9.18 Å². The van der Waals surface area contributed by atoms with Gasteiger partial charge in [-0.25, -0.2) is 4.39 Å². The highest BCUT2D eigenvalue weighted by Gasteiger charge is 2.22. The zero-order valence-corrected chi connectivity index (χ0v) is 22.7. The molecule has 3 aromatic rings. The minimum Gasteiger partial charge on any atom is -0.497 e. The van der Waals surface area contributed by atoms with Gasteiger partial charge in [-0.2, -0.15) is 0 Å². The molecule has 4 nitrogen and oxygen atoms in total. The van der Waals surface area contributed by atoms with Crippen LogP contribution in [0.4, 0.5) is 4.39 Å². The first-order valence-electron chi connectivity index (χ1n) is 12.5. The molecule has 0 bridgehead atoms. The Bertz CT molecular complexity index is 1240. The molecule has 0 spiro atoms. The lowest BCUT2D eigenvalue weighted by atomic mass is 9.81. The second kappa shape index (κ2) is 12.1. The molecule has 0 aliphatic carbocycles. The van der Waals surface area contributed by atoms with E-state index in [1.165, 1.54) is 6.07 Å². The van der Waals surface area contributed by atoms with Gasteiger partial charge in [0.25, 0.3) is 0 Å². The van der Waals surface area contributed by atoms with Gasteiger partial charge in [0.1, 0.15) is 23.9 Å². The Labute approximate surface area is 220 Å².